The number of nitrogens with two attached hydrogens (primary N) is 1. The molecule has 0 saturated heterocycles. The van der Waals surface area contributed by atoms with Gasteiger partial charge in [0.15, 0.2) is 0 Å². The van der Waals surface area contributed by atoms with Crippen LogP contribution in [0.25, 0.3) is 0 Å². The summed E-state index contributed by atoms with van der Waals surface area (Å²) in [5.74, 6) is 5.13. The number of carbonyl (C=O) groups is 1. The standard InChI is InChI=1S/C14H22N2O3/c1-14(2,3)19-13(17)16-9-12(10-18-15)11-7-5-4-6-8-11/h4-8,12H,9-10,15H2,1-3H3,(H,16,17). The lowest BCUT2D eigenvalue weighted by atomic mass is 10.0. The lowest BCUT2D eigenvalue weighted by Gasteiger charge is -2.21. The molecule has 0 aliphatic carbocycles. The first-order valence-electron chi connectivity index (χ1n) is 6.26. The van der Waals surface area contributed by atoms with Gasteiger partial charge in [-0.2, -0.15) is 0 Å². The summed E-state index contributed by atoms with van der Waals surface area (Å²) < 4.78 is 5.18. The van der Waals surface area contributed by atoms with Crippen LogP contribution in [0.1, 0.15) is 32.3 Å². The molecule has 0 bridgehead atoms. The largest absolute Gasteiger partial charge is 0.444 e. The SMILES string of the molecule is CC(C)(C)OC(=O)NCC(CON)c1ccccc1. The van der Waals surface area contributed by atoms with E-state index in [1.54, 1.807) is 0 Å². The first-order valence-corrected chi connectivity index (χ1v) is 6.26. The molecule has 0 spiro atoms. The number of ether oxygens (including phenoxy) is 1. The summed E-state index contributed by atoms with van der Waals surface area (Å²) in [6, 6.07) is 9.75. The number of amides is 1. The predicted molar refractivity (Wildman–Crippen MR) is 73.6 cm³/mol. The number of rotatable bonds is 5. The van der Waals surface area contributed by atoms with E-state index < -0.39 is 11.7 Å². The maximum absolute atomic E-state index is 11.6. The third kappa shape index (κ3) is 6.22. The first kappa shape index (κ1) is 15.5. The lowest BCUT2D eigenvalue weighted by Crippen LogP contribution is -2.35. The fraction of sp³-hybridized carbons (Fsp3) is 0.500. The smallest absolute Gasteiger partial charge is 0.407 e. The maximum Gasteiger partial charge on any atom is 0.407 e. The van der Waals surface area contributed by atoms with E-state index in [0.29, 0.717) is 13.2 Å². The molecule has 1 aromatic rings. The van der Waals surface area contributed by atoms with Crippen LogP contribution >= 0.6 is 0 Å². The minimum absolute atomic E-state index is 0.00119. The van der Waals surface area contributed by atoms with Gasteiger partial charge in [0.2, 0.25) is 0 Å². The molecule has 1 rings (SSSR count). The molecule has 0 heterocycles. The monoisotopic (exact) mass is 266 g/mol. The zero-order valence-corrected chi connectivity index (χ0v) is 11.7. The molecule has 0 aliphatic heterocycles. The minimum atomic E-state index is -0.503. The molecule has 0 aliphatic rings. The van der Waals surface area contributed by atoms with Crippen molar-refractivity contribution in [1.82, 2.24) is 5.32 Å². The second-order valence-electron chi connectivity index (χ2n) is 5.32. The van der Waals surface area contributed by atoms with Crippen LogP contribution in [0, 0.1) is 0 Å². The van der Waals surface area contributed by atoms with Crippen molar-refractivity contribution in [2.75, 3.05) is 13.2 Å². The van der Waals surface area contributed by atoms with Gasteiger partial charge in [-0.25, -0.2) is 10.7 Å². The molecule has 1 amide bonds. The van der Waals surface area contributed by atoms with Crippen LogP contribution in [0.15, 0.2) is 30.3 Å². The molecular weight excluding hydrogens is 244 g/mol. The number of nitrogens with one attached hydrogen (secondary N) is 1. The maximum atomic E-state index is 11.6. The Bertz CT molecular complexity index is 387. The number of carbonyl (C=O) groups excluding carboxylic acids is 1. The van der Waals surface area contributed by atoms with Crippen molar-refractivity contribution in [2.45, 2.75) is 32.3 Å². The summed E-state index contributed by atoms with van der Waals surface area (Å²) in [7, 11) is 0. The zero-order chi connectivity index (χ0) is 14.3. The van der Waals surface area contributed by atoms with Gasteiger partial charge in [0.1, 0.15) is 5.60 Å². The summed E-state index contributed by atoms with van der Waals surface area (Å²) >= 11 is 0. The van der Waals surface area contributed by atoms with E-state index in [1.165, 1.54) is 0 Å². The Labute approximate surface area is 114 Å². The normalized spacial score (nSPS) is 12.8. The topological polar surface area (TPSA) is 73.6 Å². The molecule has 0 saturated carbocycles. The number of hydrogen-bond donors (Lipinski definition) is 2. The predicted octanol–water partition coefficient (Wildman–Crippen LogP) is 2.19. The molecule has 0 radical (unpaired) electrons. The van der Waals surface area contributed by atoms with Gasteiger partial charge >= 0.3 is 6.09 Å². The highest BCUT2D eigenvalue weighted by atomic mass is 16.6. The zero-order valence-electron chi connectivity index (χ0n) is 11.7. The molecule has 3 N–H and O–H groups in total. The summed E-state index contributed by atoms with van der Waals surface area (Å²) in [6.07, 6.45) is -0.439. The van der Waals surface area contributed by atoms with Crippen LogP contribution in [0.3, 0.4) is 0 Å². The third-order valence-corrected chi connectivity index (χ3v) is 2.46. The quantitative estimate of drug-likeness (QED) is 0.801. The van der Waals surface area contributed by atoms with Crippen molar-refractivity contribution in [3.63, 3.8) is 0 Å². The number of benzene rings is 1. The van der Waals surface area contributed by atoms with Crippen LogP contribution in [0.4, 0.5) is 4.79 Å². The Morgan fingerprint density at radius 2 is 1.95 bits per heavy atom. The molecule has 1 aromatic carbocycles. The first-order chi connectivity index (χ1) is 8.92. The lowest BCUT2D eigenvalue weighted by molar-refractivity contribution is 0.0512. The average Bonchev–Trinajstić information content (AvgIpc) is 2.33. The second kappa shape index (κ2) is 7.11. The van der Waals surface area contributed by atoms with Crippen molar-refractivity contribution in [3.05, 3.63) is 35.9 Å². The van der Waals surface area contributed by atoms with Crippen LogP contribution in [-0.2, 0) is 9.57 Å². The van der Waals surface area contributed by atoms with Crippen molar-refractivity contribution < 1.29 is 14.4 Å². The summed E-state index contributed by atoms with van der Waals surface area (Å²) in [5, 5.41) is 2.73. The van der Waals surface area contributed by atoms with Crippen molar-refractivity contribution >= 4 is 6.09 Å². The van der Waals surface area contributed by atoms with Gasteiger partial charge in [-0.3, -0.25) is 0 Å². The van der Waals surface area contributed by atoms with Crippen molar-refractivity contribution in [2.24, 2.45) is 5.90 Å². The average molecular weight is 266 g/mol. The van der Waals surface area contributed by atoms with Gasteiger partial charge in [0.25, 0.3) is 0 Å². The van der Waals surface area contributed by atoms with E-state index in [2.05, 4.69) is 5.32 Å². The molecule has 0 aromatic heterocycles. The Kier molecular flexibility index (Phi) is 5.79. The van der Waals surface area contributed by atoms with Gasteiger partial charge in [0.05, 0.1) is 6.61 Å². The van der Waals surface area contributed by atoms with Crippen LogP contribution in [0.5, 0.6) is 0 Å². The fourth-order valence-corrected chi connectivity index (χ4v) is 1.64. The van der Waals surface area contributed by atoms with E-state index in [4.69, 9.17) is 15.5 Å². The highest BCUT2D eigenvalue weighted by Gasteiger charge is 2.18. The molecular formula is C14H22N2O3. The minimum Gasteiger partial charge on any atom is -0.444 e. The summed E-state index contributed by atoms with van der Waals surface area (Å²) in [4.78, 5) is 16.3. The van der Waals surface area contributed by atoms with Gasteiger partial charge in [0, 0.05) is 12.5 Å². The molecule has 19 heavy (non-hydrogen) atoms. The van der Waals surface area contributed by atoms with Crippen LogP contribution in [-0.4, -0.2) is 24.8 Å². The van der Waals surface area contributed by atoms with Gasteiger partial charge in [-0.15, -0.1) is 0 Å². The Balaban J connectivity index is 2.54. The highest BCUT2D eigenvalue weighted by molar-refractivity contribution is 5.67. The van der Waals surface area contributed by atoms with Crippen LogP contribution in [0.2, 0.25) is 0 Å². The van der Waals surface area contributed by atoms with Crippen molar-refractivity contribution in [3.8, 4) is 0 Å². The van der Waals surface area contributed by atoms with Crippen molar-refractivity contribution in [1.29, 1.82) is 0 Å². The molecule has 1 atom stereocenters. The Morgan fingerprint density at radius 1 is 1.32 bits per heavy atom. The van der Waals surface area contributed by atoms with E-state index >= 15 is 0 Å². The third-order valence-electron chi connectivity index (χ3n) is 2.46. The van der Waals surface area contributed by atoms with Gasteiger partial charge in [-0.1, -0.05) is 30.3 Å². The summed E-state index contributed by atoms with van der Waals surface area (Å²) in [6.45, 7) is 6.22. The number of hydrogen-bond acceptors (Lipinski definition) is 4. The fourth-order valence-electron chi connectivity index (χ4n) is 1.64. The summed E-state index contributed by atoms with van der Waals surface area (Å²) in [5.41, 5.74) is 0.556. The highest BCUT2D eigenvalue weighted by Crippen LogP contribution is 2.15. The molecule has 0 fully saturated rings. The molecule has 5 nitrogen and oxygen atoms in total. The Morgan fingerprint density at radius 3 is 2.47 bits per heavy atom. The number of alkyl carbamates (subject to hydrolysis) is 1. The molecule has 106 valence electrons. The molecule has 1 unspecified atom stereocenters. The van der Waals surface area contributed by atoms with Gasteiger partial charge < -0.3 is 14.9 Å². The van der Waals surface area contributed by atoms with Gasteiger partial charge in [-0.05, 0) is 26.3 Å². The Hall–Kier alpha value is -1.59. The van der Waals surface area contributed by atoms with E-state index in [1.807, 2.05) is 51.1 Å². The van der Waals surface area contributed by atoms with E-state index in [9.17, 15) is 4.79 Å². The van der Waals surface area contributed by atoms with E-state index in [0.717, 1.165) is 5.56 Å². The second-order valence-corrected chi connectivity index (χ2v) is 5.32. The molecule has 5 heteroatoms. The van der Waals surface area contributed by atoms with E-state index in [-0.39, 0.29) is 5.92 Å². The van der Waals surface area contributed by atoms with Crippen LogP contribution < -0.4 is 11.2 Å².